The van der Waals surface area contributed by atoms with E-state index in [0.29, 0.717) is 5.92 Å². The van der Waals surface area contributed by atoms with Crippen molar-refractivity contribution in [2.24, 2.45) is 11.3 Å². The van der Waals surface area contributed by atoms with Gasteiger partial charge in [0.15, 0.2) is 0 Å². The number of methoxy groups -OCH3 is 1. The van der Waals surface area contributed by atoms with Gasteiger partial charge in [0.1, 0.15) is 0 Å². The second kappa shape index (κ2) is 2.84. The van der Waals surface area contributed by atoms with Crippen LogP contribution in [0.25, 0.3) is 0 Å². The van der Waals surface area contributed by atoms with E-state index in [-0.39, 0.29) is 11.4 Å². The lowest BCUT2D eigenvalue weighted by atomic mass is 9.88. The predicted octanol–water partition coefficient (Wildman–Crippen LogP) is 1.99. The number of hydrogen-bond acceptors (Lipinski definition) is 2. The minimum atomic E-state index is -0.186. The molecule has 1 aliphatic carbocycles. The van der Waals surface area contributed by atoms with Crippen molar-refractivity contribution in [1.82, 2.24) is 0 Å². The van der Waals surface area contributed by atoms with Gasteiger partial charge < -0.3 is 4.74 Å². The fourth-order valence-electron chi connectivity index (χ4n) is 1.97. The maximum absolute atomic E-state index is 11.3. The van der Waals surface area contributed by atoms with Crippen LogP contribution in [0.1, 0.15) is 33.1 Å². The second-order valence-corrected chi connectivity index (χ2v) is 3.90. The number of rotatable bonds is 1. The Hall–Kier alpha value is -0.530. The maximum Gasteiger partial charge on any atom is 0.311 e. The lowest BCUT2D eigenvalue weighted by Crippen LogP contribution is -2.25. The molecule has 0 aromatic carbocycles. The van der Waals surface area contributed by atoms with Crippen molar-refractivity contribution >= 4 is 5.97 Å². The highest BCUT2D eigenvalue weighted by Crippen LogP contribution is 2.41. The summed E-state index contributed by atoms with van der Waals surface area (Å²) in [5, 5.41) is 0. The van der Waals surface area contributed by atoms with Crippen molar-refractivity contribution < 1.29 is 9.53 Å². The van der Waals surface area contributed by atoms with Crippen LogP contribution in [0.5, 0.6) is 0 Å². The van der Waals surface area contributed by atoms with E-state index < -0.39 is 0 Å². The molecule has 0 aromatic heterocycles. The first-order chi connectivity index (χ1) is 5.08. The third-order valence-electron chi connectivity index (χ3n) is 2.67. The zero-order valence-electron chi connectivity index (χ0n) is 7.52. The topological polar surface area (TPSA) is 26.3 Å². The van der Waals surface area contributed by atoms with E-state index in [1.807, 2.05) is 6.92 Å². The average molecular weight is 156 g/mol. The molecule has 0 aliphatic heterocycles. The van der Waals surface area contributed by atoms with Gasteiger partial charge in [-0.15, -0.1) is 0 Å². The third kappa shape index (κ3) is 1.55. The van der Waals surface area contributed by atoms with Crippen LogP contribution in [0.4, 0.5) is 0 Å². The Balaban J connectivity index is 2.61. The molecule has 0 bridgehead atoms. The second-order valence-electron chi connectivity index (χ2n) is 3.90. The van der Waals surface area contributed by atoms with Gasteiger partial charge in [0, 0.05) is 0 Å². The summed E-state index contributed by atoms with van der Waals surface area (Å²) in [7, 11) is 1.47. The Kier molecular flexibility index (Phi) is 2.21. The minimum absolute atomic E-state index is 0.0400. The molecular weight excluding hydrogens is 140 g/mol. The van der Waals surface area contributed by atoms with Crippen molar-refractivity contribution in [2.75, 3.05) is 7.11 Å². The summed E-state index contributed by atoms with van der Waals surface area (Å²) in [4.78, 5) is 11.3. The third-order valence-corrected chi connectivity index (χ3v) is 2.67. The van der Waals surface area contributed by atoms with Crippen LogP contribution in [0, 0.1) is 11.3 Å². The van der Waals surface area contributed by atoms with Crippen LogP contribution in [0.15, 0.2) is 0 Å². The Morgan fingerprint density at radius 1 is 1.64 bits per heavy atom. The van der Waals surface area contributed by atoms with E-state index in [2.05, 4.69) is 6.92 Å². The normalized spacial score (nSPS) is 37.2. The van der Waals surface area contributed by atoms with E-state index in [1.54, 1.807) is 0 Å². The molecule has 1 aliphatic rings. The van der Waals surface area contributed by atoms with Crippen LogP contribution in [-0.4, -0.2) is 13.1 Å². The van der Waals surface area contributed by atoms with E-state index in [4.69, 9.17) is 4.74 Å². The summed E-state index contributed by atoms with van der Waals surface area (Å²) < 4.78 is 4.75. The molecular formula is C9H16O2. The van der Waals surface area contributed by atoms with E-state index in [9.17, 15) is 4.79 Å². The molecule has 64 valence electrons. The molecule has 0 N–H and O–H groups in total. The molecule has 2 atom stereocenters. The molecule has 1 fully saturated rings. The van der Waals surface area contributed by atoms with Crippen LogP contribution >= 0.6 is 0 Å². The first-order valence-electron chi connectivity index (χ1n) is 4.17. The van der Waals surface area contributed by atoms with Crippen molar-refractivity contribution in [3.05, 3.63) is 0 Å². The molecule has 0 amide bonds. The molecule has 0 heterocycles. The summed E-state index contributed by atoms with van der Waals surface area (Å²) in [6, 6.07) is 0. The molecule has 2 heteroatoms. The fourth-order valence-corrected chi connectivity index (χ4v) is 1.97. The Bertz CT molecular complexity index is 165. The molecule has 1 unspecified atom stereocenters. The zero-order valence-corrected chi connectivity index (χ0v) is 7.52. The first-order valence-corrected chi connectivity index (χ1v) is 4.17. The summed E-state index contributed by atoms with van der Waals surface area (Å²) >= 11 is 0. The highest BCUT2D eigenvalue weighted by Gasteiger charge is 2.40. The molecule has 1 saturated carbocycles. The van der Waals surface area contributed by atoms with Gasteiger partial charge in [0.2, 0.25) is 0 Å². The zero-order chi connectivity index (χ0) is 8.48. The number of carbonyl (C=O) groups excluding carboxylic acids is 1. The Morgan fingerprint density at radius 2 is 2.27 bits per heavy atom. The van der Waals surface area contributed by atoms with Gasteiger partial charge in [-0.2, -0.15) is 0 Å². The highest BCUT2D eigenvalue weighted by molar-refractivity contribution is 5.76. The minimum Gasteiger partial charge on any atom is -0.469 e. The summed E-state index contributed by atoms with van der Waals surface area (Å²) in [5.74, 6) is 0.640. The maximum atomic E-state index is 11.3. The summed E-state index contributed by atoms with van der Waals surface area (Å²) in [6.07, 6.45) is 3.13. The lowest BCUT2D eigenvalue weighted by Gasteiger charge is -2.19. The molecule has 1 rings (SSSR count). The van der Waals surface area contributed by atoms with E-state index >= 15 is 0 Å². The quantitative estimate of drug-likeness (QED) is 0.543. The number of esters is 1. The smallest absolute Gasteiger partial charge is 0.311 e. The Morgan fingerprint density at radius 3 is 2.64 bits per heavy atom. The van der Waals surface area contributed by atoms with Gasteiger partial charge in [-0.05, 0) is 32.1 Å². The molecule has 0 saturated heterocycles. The van der Waals surface area contributed by atoms with Crippen LogP contribution in [0.3, 0.4) is 0 Å². The van der Waals surface area contributed by atoms with Gasteiger partial charge in [0.05, 0.1) is 12.5 Å². The van der Waals surface area contributed by atoms with Gasteiger partial charge in [0.25, 0.3) is 0 Å². The van der Waals surface area contributed by atoms with Gasteiger partial charge in [-0.1, -0.05) is 6.92 Å². The monoisotopic (exact) mass is 156 g/mol. The van der Waals surface area contributed by atoms with Gasteiger partial charge in [-0.3, -0.25) is 4.79 Å². The SMILES string of the molecule is COC(=O)C1(C)CC[C@H](C)C1. The summed E-state index contributed by atoms with van der Waals surface area (Å²) in [6.45, 7) is 4.19. The largest absolute Gasteiger partial charge is 0.469 e. The van der Waals surface area contributed by atoms with Crippen LogP contribution < -0.4 is 0 Å². The van der Waals surface area contributed by atoms with Gasteiger partial charge in [-0.25, -0.2) is 0 Å². The van der Waals surface area contributed by atoms with Crippen molar-refractivity contribution in [1.29, 1.82) is 0 Å². The van der Waals surface area contributed by atoms with Crippen molar-refractivity contribution in [3.63, 3.8) is 0 Å². The fraction of sp³-hybridized carbons (Fsp3) is 0.889. The number of carbonyl (C=O) groups is 1. The van der Waals surface area contributed by atoms with E-state index in [0.717, 1.165) is 19.3 Å². The summed E-state index contributed by atoms with van der Waals surface area (Å²) in [5.41, 5.74) is -0.186. The predicted molar refractivity (Wildman–Crippen MR) is 43.1 cm³/mol. The Labute approximate surface area is 67.9 Å². The number of hydrogen-bond donors (Lipinski definition) is 0. The molecule has 0 spiro atoms. The lowest BCUT2D eigenvalue weighted by molar-refractivity contribution is -0.151. The molecule has 0 radical (unpaired) electrons. The number of ether oxygens (including phenoxy) is 1. The van der Waals surface area contributed by atoms with Crippen molar-refractivity contribution in [2.45, 2.75) is 33.1 Å². The van der Waals surface area contributed by atoms with Crippen LogP contribution in [0.2, 0.25) is 0 Å². The average Bonchev–Trinajstić information content (AvgIpc) is 2.31. The molecule has 0 aromatic rings. The molecule has 2 nitrogen and oxygen atoms in total. The molecule has 11 heavy (non-hydrogen) atoms. The van der Waals surface area contributed by atoms with Crippen molar-refractivity contribution in [3.8, 4) is 0 Å². The standard InChI is InChI=1S/C9H16O2/c1-7-4-5-9(2,6-7)8(10)11-3/h7H,4-6H2,1-3H3/t7-,9?/m0/s1. The van der Waals surface area contributed by atoms with Gasteiger partial charge >= 0.3 is 5.97 Å². The van der Waals surface area contributed by atoms with Crippen LogP contribution in [-0.2, 0) is 9.53 Å². The highest BCUT2D eigenvalue weighted by atomic mass is 16.5. The first kappa shape index (κ1) is 8.57. The van der Waals surface area contributed by atoms with E-state index in [1.165, 1.54) is 7.11 Å².